The Morgan fingerprint density at radius 2 is 2.07 bits per heavy atom. The Balaban J connectivity index is 1.61. The number of anilines is 1. The van der Waals surface area contributed by atoms with E-state index in [0.717, 1.165) is 25.0 Å². The average Bonchev–Trinajstić information content (AvgIpc) is 3.07. The molecule has 1 aliphatic heterocycles. The lowest BCUT2D eigenvalue weighted by Gasteiger charge is -2.51. The van der Waals surface area contributed by atoms with Crippen LogP contribution in [0.2, 0.25) is 0 Å². The van der Waals surface area contributed by atoms with Gasteiger partial charge in [-0.25, -0.2) is 9.78 Å². The summed E-state index contributed by atoms with van der Waals surface area (Å²) in [5, 5.41) is 6.37. The fourth-order valence-corrected chi connectivity index (χ4v) is 6.79. The summed E-state index contributed by atoms with van der Waals surface area (Å²) < 4.78 is 5.87. The minimum Gasteiger partial charge on any atom is -0.461 e. The number of hydrogen-bond acceptors (Lipinski definition) is 5. The minimum atomic E-state index is -0.217. The molecule has 2 heterocycles. The summed E-state index contributed by atoms with van der Waals surface area (Å²) in [5.41, 5.74) is 1.18. The van der Waals surface area contributed by atoms with Gasteiger partial charge in [0.2, 0.25) is 0 Å². The van der Waals surface area contributed by atoms with E-state index in [2.05, 4.69) is 24.5 Å². The standard InChI is InChI=1S/C20H29N3O3S/c1-9(2)21-18(25)23-19-22-15-11(4)14-16-12(10(3)17(24)26-16)6-7-20(14,5)8-13(15)27-19/h9-12,14,16H,6-8H2,1-5H3,(H2,21,22,23,25)/t10-,11-,12-,14+,16-,20-/m0/s1. The molecule has 6 nitrogen and oxygen atoms in total. The number of amides is 2. The molecule has 3 aliphatic rings. The minimum absolute atomic E-state index is 0.000498. The van der Waals surface area contributed by atoms with E-state index in [0.29, 0.717) is 11.0 Å². The zero-order valence-corrected chi connectivity index (χ0v) is 17.5. The van der Waals surface area contributed by atoms with E-state index in [1.54, 1.807) is 11.3 Å². The number of carbonyl (C=O) groups is 2. The molecule has 2 aliphatic carbocycles. The number of ether oxygens (including phenoxy) is 1. The summed E-state index contributed by atoms with van der Waals surface area (Å²) in [6, 6.07) is -0.137. The Kier molecular flexibility index (Phi) is 4.48. The molecule has 0 unspecified atom stereocenters. The van der Waals surface area contributed by atoms with Crippen molar-refractivity contribution in [1.82, 2.24) is 10.3 Å². The van der Waals surface area contributed by atoms with Gasteiger partial charge < -0.3 is 10.1 Å². The first-order valence-electron chi connectivity index (χ1n) is 9.97. The molecule has 0 radical (unpaired) electrons. The molecule has 0 spiro atoms. The number of rotatable bonds is 2. The van der Waals surface area contributed by atoms with Gasteiger partial charge in [0.1, 0.15) is 6.10 Å². The molecule has 2 fully saturated rings. The lowest BCUT2D eigenvalue weighted by Crippen LogP contribution is -2.50. The van der Waals surface area contributed by atoms with Gasteiger partial charge >= 0.3 is 12.0 Å². The van der Waals surface area contributed by atoms with Crippen LogP contribution in [0, 0.1) is 23.2 Å². The molecule has 6 atom stereocenters. The maximum Gasteiger partial charge on any atom is 0.321 e. The fraction of sp³-hybridized carbons (Fsp3) is 0.750. The molecule has 27 heavy (non-hydrogen) atoms. The number of nitrogens with zero attached hydrogens (tertiary/aromatic N) is 1. The predicted molar refractivity (Wildman–Crippen MR) is 105 cm³/mol. The Morgan fingerprint density at radius 3 is 2.78 bits per heavy atom. The van der Waals surface area contributed by atoms with Crippen molar-refractivity contribution in [2.45, 2.75) is 71.9 Å². The maximum absolute atomic E-state index is 12.2. The molecular weight excluding hydrogens is 362 g/mol. The SMILES string of the molecule is CC(C)NC(=O)Nc1nc2c(s1)C[C@]1(C)CC[C@@H]3[C@H](OC(=O)[C@H]3C)[C@H]1[C@@H]2C. The molecule has 148 valence electrons. The molecule has 1 aromatic heterocycles. The van der Waals surface area contributed by atoms with Gasteiger partial charge in [-0.15, -0.1) is 11.3 Å². The van der Waals surface area contributed by atoms with Crippen LogP contribution in [-0.4, -0.2) is 29.1 Å². The second kappa shape index (κ2) is 6.47. The van der Waals surface area contributed by atoms with E-state index in [4.69, 9.17) is 9.72 Å². The van der Waals surface area contributed by atoms with Crippen molar-refractivity contribution in [1.29, 1.82) is 0 Å². The van der Waals surface area contributed by atoms with E-state index >= 15 is 0 Å². The number of thiazole rings is 1. The number of aromatic nitrogens is 1. The van der Waals surface area contributed by atoms with Crippen molar-refractivity contribution in [3.63, 3.8) is 0 Å². The summed E-state index contributed by atoms with van der Waals surface area (Å²) in [4.78, 5) is 30.3. The van der Waals surface area contributed by atoms with Crippen LogP contribution in [0.4, 0.5) is 9.93 Å². The molecule has 0 bridgehead atoms. The molecule has 7 heteroatoms. The second-order valence-corrected chi connectivity index (χ2v) is 10.2. The van der Waals surface area contributed by atoms with E-state index in [9.17, 15) is 9.59 Å². The van der Waals surface area contributed by atoms with Crippen LogP contribution in [0.15, 0.2) is 0 Å². The Hall–Kier alpha value is -1.63. The van der Waals surface area contributed by atoms with Crippen LogP contribution in [0.1, 0.15) is 63.9 Å². The molecule has 2 N–H and O–H groups in total. The highest BCUT2D eigenvalue weighted by atomic mass is 32.1. The molecule has 1 saturated carbocycles. The van der Waals surface area contributed by atoms with Gasteiger partial charge in [-0.05, 0) is 38.5 Å². The number of hydrogen-bond donors (Lipinski definition) is 2. The van der Waals surface area contributed by atoms with Gasteiger partial charge in [0.05, 0.1) is 11.6 Å². The van der Waals surface area contributed by atoms with Crippen LogP contribution in [0.3, 0.4) is 0 Å². The Morgan fingerprint density at radius 1 is 1.33 bits per heavy atom. The van der Waals surface area contributed by atoms with Gasteiger partial charge in [-0.1, -0.05) is 20.8 Å². The van der Waals surface area contributed by atoms with Crippen LogP contribution in [-0.2, 0) is 16.0 Å². The van der Waals surface area contributed by atoms with Gasteiger partial charge in [-0.3, -0.25) is 10.1 Å². The van der Waals surface area contributed by atoms with Gasteiger partial charge in [0.15, 0.2) is 5.13 Å². The molecular formula is C20H29N3O3S. The van der Waals surface area contributed by atoms with Crippen molar-refractivity contribution in [2.75, 3.05) is 5.32 Å². The summed E-state index contributed by atoms with van der Waals surface area (Å²) in [6.07, 6.45) is 3.10. The quantitative estimate of drug-likeness (QED) is 0.749. The summed E-state index contributed by atoms with van der Waals surface area (Å²) in [5.74, 6) is 0.785. The Labute approximate surface area is 164 Å². The monoisotopic (exact) mass is 391 g/mol. The molecule has 1 aromatic rings. The van der Waals surface area contributed by atoms with Crippen LogP contribution in [0.25, 0.3) is 0 Å². The smallest absolute Gasteiger partial charge is 0.321 e. The number of esters is 1. The van der Waals surface area contributed by atoms with Gasteiger partial charge in [0, 0.05) is 28.7 Å². The first-order valence-corrected chi connectivity index (χ1v) is 10.8. The van der Waals surface area contributed by atoms with Crippen molar-refractivity contribution < 1.29 is 14.3 Å². The summed E-state index contributed by atoms with van der Waals surface area (Å²) in [7, 11) is 0. The predicted octanol–water partition coefficient (Wildman–Crippen LogP) is 3.93. The Bertz CT molecular complexity index is 777. The highest BCUT2D eigenvalue weighted by molar-refractivity contribution is 7.15. The number of nitrogens with one attached hydrogen (secondary N) is 2. The third-order valence-electron chi connectivity index (χ3n) is 6.80. The highest BCUT2D eigenvalue weighted by Gasteiger charge is 2.58. The molecule has 1 saturated heterocycles. The van der Waals surface area contributed by atoms with Crippen LogP contribution in [0.5, 0.6) is 0 Å². The van der Waals surface area contributed by atoms with Crippen molar-refractivity contribution in [3.05, 3.63) is 10.6 Å². The maximum atomic E-state index is 12.2. The number of urea groups is 1. The zero-order chi connectivity index (χ0) is 19.5. The number of fused-ring (bicyclic) bond motifs is 4. The molecule has 2 amide bonds. The summed E-state index contributed by atoms with van der Waals surface area (Å²) in [6.45, 7) is 10.4. The second-order valence-electron chi connectivity index (χ2n) is 9.12. The fourth-order valence-electron chi connectivity index (χ4n) is 5.53. The third kappa shape index (κ3) is 3.04. The van der Waals surface area contributed by atoms with Crippen LogP contribution >= 0.6 is 11.3 Å². The normalized spacial score (nSPS) is 37.3. The topological polar surface area (TPSA) is 80.3 Å². The summed E-state index contributed by atoms with van der Waals surface area (Å²) >= 11 is 1.58. The largest absolute Gasteiger partial charge is 0.461 e. The zero-order valence-electron chi connectivity index (χ0n) is 16.7. The molecule has 0 aromatic carbocycles. The average molecular weight is 392 g/mol. The van der Waals surface area contributed by atoms with Gasteiger partial charge in [0.25, 0.3) is 0 Å². The first-order chi connectivity index (χ1) is 12.7. The van der Waals surface area contributed by atoms with Crippen LogP contribution < -0.4 is 10.6 Å². The van der Waals surface area contributed by atoms with E-state index < -0.39 is 0 Å². The first kappa shape index (κ1) is 18.7. The number of carbonyl (C=O) groups excluding carboxylic acids is 2. The van der Waals surface area contributed by atoms with Gasteiger partial charge in [-0.2, -0.15) is 0 Å². The van der Waals surface area contributed by atoms with E-state index in [1.165, 1.54) is 4.88 Å². The highest BCUT2D eigenvalue weighted by Crippen LogP contribution is 2.59. The lowest BCUT2D eigenvalue weighted by molar-refractivity contribution is -0.149. The van der Waals surface area contributed by atoms with Crippen molar-refractivity contribution >= 4 is 28.5 Å². The van der Waals surface area contributed by atoms with Crippen molar-refractivity contribution in [2.24, 2.45) is 23.2 Å². The van der Waals surface area contributed by atoms with Crippen molar-refractivity contribution in [3.8, 4) is 0 Å². The van der Waals surface area contributed by atoms with E-state index in [-0.39, 0.29) is 47.3 Å². The van der Waals surface area contributed by atoms with E-state index in [1.807, 2.05) is 20.8 Å². The third-order valence-corrected chi connectivity index (χ3v) is 7.78. The molecule has 4 rings (SSSR count). The lowest BCUT2D eigenvalue weighted by atomic mass is 9.54.